The fourth-order valence-electron chi connectivity index (χ4n) is 2.05. The molecule has 0 aliphatic heterocycles. The van der Waals surface area contributed by atoms with E-state index in [9.17, 15) is 14.4 Å². The molecule has 0 saturated heterocycles. The Morgan fingerprint density at radius 2 is 1.82 bits per heavy atom. The lowest BCUT2D eigenvalue weighted by Gasteiger charge is -2.07. The van der Waals surface area contributed by atoms with E-state index in [1.165, 1.54) is 23.4 Å². The van der Waals surface area contributed by atoms with Gasteiger partial charge in [-0.25, -0.2) is 9.78 Å². The number of thioether (sulfide) groups is 1. The quantitative estimate of drug-likeness (QED) is 0.581. The van der Waals surface area contributed by atoms with Gasteiger partial charge >= 0.3 is 11.7 Å². The Balaban J connectivity index is 2.42. The van der Waals surface area contributed by atoms with Crippen LogP contribution in [0.3, 0.4) is 0 Å². The van der Waals surface area contributed by atoms with Crippen LogP contribution in [0.2, 0.25) is 0 Å². The number of nitrogens with zero attached hydrogens (tertiary/aromatic N) is 4. The second kappa shape index (κ2) is 5.99. The third kappa shape index (κ3) is 2.80. The summed E-state index contributed by atoms with van der Waals surface area (Å²) in [5.74, 6) is -0.266. The van der Waals surface area contributed by atoms with Gasteiger partial charge in [0.15, 0.2) is 16.3 Å². The van der Waals surface area contributed by atoms with Crippen molar-refractivity contribution < 1.29 is 9.53 Å². The van der Waals surface area contributed by atoms with Crippen LogP contribution in [-0.2, 0) is 30.7 Å². The van der Waals surface area contributed by atoms with Crippen molar-refractivity contribution in [3.05, 3.63) is 20.8 Å². The summed E-state index contributed by atoms with van der Waals surface area (Å²) in [6, 6.07) is 0. The van der Waals surface area contributed by atoms with Crippen molar-refractivity contribution in [2.24, 2.45) is 21.1 Å². The average Bonchev–Trinajstić information content (AvgIpc) is 2.77. The van der Waals surface area contributed by atoms with Gasteiger partial charge in [-0.3, -0.25) is 18.7 Å². The van der Waals surface area contributed by atoms with Crippen molar-refractivity contribution >= 4 is 28.9 Å². The van der Waals surface area contributed by atoms with Crippen LogP contribution >= 0.6 is 11.8 Å². The fourth-order valence-corrected chi connectivity index (χ4v) is 2.80. The van der Waals surface area contributed by atoms with Crippen LogP contribution in [0, 0.1) is 0 Å². The molecule has 0 N–H and O–H groups in total. The lowest BCUT2D eigenvalue weighted by Crippen LogP contribution is -2.37. The molecule has 9 heteroatoms. The van der Waals surface area contributed by atoms with Crippen molar-refractivity contribution in [3.63, 3.8) is 0 Å². The lowest BCUT2D eigenvalue weighted by atomic mass is 10.5. The smallest absolute Gasteiger partial charge is 0.332 e. The fraction of sp³-hybridized carbons (Fsp3) is 0.538. The minimum Gasteiger partial charge on any atom is -0.462 e. The second-order valence-electron chi connectivity index (χ2n) is 5.16. The number of hydrogen-bond acceptors (Lipinski definition) is 6. The molecule has 0 fully saturated rings. The molecule has 0 spiro atoms. The van der Waals surface area contributed by atoms with Crippen molar-refractivity contribution in [2.75, 3.05) is 5.75 Å². The SMILES string of the molecule is CC(C)OC(=O)CSc1nc2c(c(=O)n(C)c(=O)n2C)n1C. The van der Waals surface area contributed by atoms with E-state index in [0.717, 1.165) is 4.57 Å². The number of carbonyl (C=O) groups is 1. The van der Waals surface area contributed by atoms with E-state index in [1.54, 1.807) is 32.5 Å². The molecule has 2 aromatic heterocycles. The number of aromatic nitrogens is 4. The van der Waals surface area contributed by atoms with Crippen LogP contribution < -0.4 is 11.2 Å². The Kier molecular flexibility index (Phi) is 4.45. The molecular weight excluding hydrogens is 308 g/mol. The van der Waals surface area contributed by atoms with Crippen LogP contribution in [0.5, 0.6) is 0 Å². The predicted molar refractivity (Wildman–Crippen MR) is 83.1 cm³/mol. The number of hydrogen-bond donors (Lipinski definition) is 0. The third-order valence-electron chi connectivity index (χ3n) is 3.12. The molecule has 0 aliphatic carbocycles. The zero-order chi connectivity index (χ0) is 16.6. The molecule has 0 unspecified atom stereocenters. The Labute approximate surface area is 130 Å². The zero-order valence-electron chi connectivity index (χ0n) is 13.1. The molecule has 0 amide bonds. The molecular formula is C13H18N4O4S. The highest BCUT2D eigenvalue weighted by molar-refractivity contribution is 7.99. The maximum absolute atomic E-state index is 12.2. The third-order valence-corrected chi connectivity index (χ3v) is 4.12. The van der Waals surface area contributed by atoms with E-state index in [1.807, 2.05) is 0 Å². The van der Waals surface area contributed by atoms with Crippen LogP contribution in [0.1, 0.15) is 13.8 Å². The molecule has 0 aromatic carbocycles. The Bertz CT molecular complexity index is 846. The van der Waals surface area contributed by atoms with Gasteiger partial charge in [-0.1, -0.05) is 11.8 Å². The van der Waals surface area contributed by atoms with Crippen LogP contribution in [0.4, 0.5) is 0 Å². The first-order chi connectivity index (χ1) is 10.2. The van der Waals surface area contributed by atoms with Crippen LogP contribution in [0.15, 0.2) is 14.7 Å². The van der Waals surface area contributed by atoms with E-state index >= 15 is 0 Å². The van der Waals surface area contributed by atoms with Gasteiger partial charge in [-0.2, -0.15) is 0 Å². The first kappa shape index (κ1) is 16.3. The molecule has 22 heavy (non-hydrogen) atoms. The summed E-state index contributed by atoms with van der Waals surface area (Å²) in [5, 5.41) is 0.481. The summed E-state index contributed by atoms with van der Waals surface area (Å²) in [4.78, 5) is 40.0. The summed E-state index contributed by atoms with van der Waals surface area (Å²) >= 11 is 1.17. The van der Waals surface area contributed by atoms with Gasteiger partial charge in [0.25, 0.3) is 5.56 Å². The summed E-state index contributed by atoms with van der Waals surface area (Å²) in [5.41, 5.74) is -0.226. The normalized spacial score (nSPS) is 11.4. The number of carbonyl (C=O) groups excluding carboxylic acids is 1. The van der Waals surface area contributed by atoms with Gasteiger partial charge in [0.05, 0.1) is 11.9 Å². The van der Waals surface area contributed by atoms with Crippen molar-refractivity contribution in [3.8, 4) is 0 Å². The number of rotatable bonds is 4. The molecule has 2 heterocycles. The Morgan fingerprint density at radius 3 is 2.41 bits per heavy atom. The van der Waals surface area contributed by atoms with Gasteiger partial charge in [0, 0.05) is 21.1 Å². The maximum Gasteiger partial charge on any atom is 0.332 e. The molecule has 8 nitrogen and oxygen atoms in total. The minimum absolute atomic E-state index is 0.0869. The first-order valence-corrected chi connectivity index (χ1v) is 7.67. The Hall–Kier alpha value is -2.03. The van der Waals surface area contributed by atoms with E-state index < -0.39 is 11.2 Å². The zero-order valence-corrected chi connectivity index (χ0v) is 13.9. The van der Waals surface area contributed by atoms with E-state index in [0.29, 0.717) is 16.3 Å². The van der Waals surface area contributed by atoms with E-state index in [2.05, 4.69) is 4.98 Å². The lowest BCUT2D eigenvalue weighted by molar-refractivity contribution is -0.144. The molecule has 0 aliphatic rings. The largest absolute Gasteiger partial charge is 0.462 e. The molecule has 0 saturated carbocycles. The molecule has 2 aromatic rings. The molecule has 120 valence electrons. The Morgan fingerprint density at radius 1 is 1.18 bits per heavy atom. The number of fused-ring (bicyclic) bond motifs is 1. The topological polar surface area (TPSA) is 88.1 Å². The second-order valence-corrected chi connectivity index (χ2v) is 6.10. The van der Waals surface area contributed by atoms with Crippen molar-refractivity contribution in [1.82, 2.24) is 18.7 Å². The summed E-state index contributed by atoms with van der Waals surface area (Å²) in [6.45, 7) is 3.55. The number of ether oxygens (including phenoxy) is 1. The minimum atomic E-state index is -0.439. The van der Waals surface area contributed by atoms with E-state index in [-0.39, 0.29) is 17.8 Å². The highest BCUT2D eigenvalue weighted by atomic mass is 32.2. The number of esters is 1. The number of imidazole rings is 1. The van der Waals surface area contributed by atoms with Crippen LogP contribution in [-0.4, -0.2) is 36.5 Å². The van der Waals surface area contributed by atoms with Gasteiger partial charge < -0.3 is 9.30 Å². The summed E-state index contributed by atoms with van der Waals surface area (Å²) < 4.78 is 8.99. The van der Waals surface area contributed by atoms with Gasteiger partial charge in [-0.15, -0.1) is 0 Å². The first-order valence-electron chi connectivity index (χ1n) is 6.68. The van der Waals surface area contributed by atoms with Crippen LogP contribution in [0.25, 0.3) is 11.2 Å². The van der Waals surface area contributed by atoms with Gasteiger partial charge in [-0.05, 0) is 13.8 Å². The van der Waals surface area contributed by atoms with Gasteiger partial charge in [0.1, 0.15) is 0 Å². The highest BCUT2D eigenvalue weighted by Crippen LogP contribution is 2.20. The summed E-state index contributed by atoms with van der Waals surface area (Å²) in [6.07, 6.45) is -0.179. The predicted octanol–water partition coefficient (Wildman–Crippen LogP) is 0.0144. The van der Waals surface area contributed by atoms with Crippen molar-refractivity contribution in [1.29, 1.82) is 0 Å². The molecule has 2 rings (SSSR count). The highest BCUT2D eigenvalue weighted by Gasteiger charge is 2.18. The molecule has 0 atom stereocenters. The van der Waals surface area contributed by atoms with Gasteiger partial charge in [0.2, 0.25) is 0 Å². The molecule has 0 bridgehead atoms. The molecule has 0 radical (unpaired) electrons. The van der Waals surface area contributed by atoms with E-state index in [4.69, 9.17) is 4.74 Å². The monoisotopic (exact) mass is 326 g/mol. The van der Waals surface area contributed by atoms with Crippen molar-refractivity contribution in [2.45, 2.75) is 25.1 Å². The summed E-state index contributed by atoms with van der Waals surface area (Å²) in [7, 11) is 4.65. The maximum atomic E-state index is 12.2. The average molecular weight is 326 g/mol. The number of aryl methyl sites for hydroxylation is 2. The standard InChI is InChI=1S/C13H18N4O4S/c1-7(2)21-8(18)6-22-12-14-10-9(15(12)3)11(19)17(5)13(20)16(10)4/h7H,6H2,1-5H3.